The number of rotatable bonds is 6. The second kappa shape index (κ2) is 8.92. The molecule has 6 rings (SSSR count). The Morgan fingerprint density at radius 1 is 1.03 bits per heavy atom. The molecule has 2 aromatic rings. The summed E-state index contributed by atoms with van der Waals surface area (Å²) in [5, 5.41) is 20.0. The zero-order valence-electron chi connectivity index (χ0n) is 19.7. The number of hydrogen-bond donors (Lipinski definition) is 3. The fourth-order valence-electron chi connectivity index (χ4n) is 5.64. The summed E-state index contributed by atoms with van der Waals surface area (Å²) in [4.78, 5) is 13.4. The third-order valence-corrected chi connectivity index (χ3v) is 7.88. The van der Waals surface area contributed by atoms with Gasteiger partial charge in [0.2, 0.25) is 11.7 Å². The Balaban J connectivity index is 1.17. The molecule has 3 N–H and O–H groups in total. The van der Waals surface area contributed by atoms with Crippen molar-refractivity contribution in [2.45, 2.75) is 81.3 Å². The Bertz CT molecular complexity index is 1060. The minimum Gasteiger partial charge on any atom is -0.392 e. The predicted molar refractivity (Wildman–Crippen MR) is 125 cm³/mol. The van der Waals surface area contributed by atoms with E-state index in [1.165, 1.54) is 0 Å². The maximum atomic E-state index is 15.6. The van der Waals surface area contributed by atoms with Crippen LogP contribution in [-0.4, -0.2) is 74.4 Å². The highest BCUT2D eigenvalue weighted by Gasteiger charge is 2.46. The Morgan fingerprint density at radius 2 is 1.80 bits per heavy atom. The molecule has 8 nitrogen and oxygen atoms in total. The number of aromatic nitrogens is 4. The number of H-pyrrole nitrogens is 1. The number of aromatic amines is 1. The fourth-order valence-corrected chi connectivity index (χ4v) is 5.64. The Kier molecular flexibility index (Phi) is 5.87. The molecule has 0 spiro atoms. The number of β-amino-alcohol motifs (C(OH)–C–C–N with tert-alkyl or cyclic N) is 1. The van der Waals surface area contributed by atoms with Gasteiger partial charge in [0.15, 0.2) is 17.5 Å². The van der Waals surface area contributed by atoms with Crippen molar-refractivity contribution in [3.63, 3.8) is 0 Å². The topological polar surface area (TPSA) is 93.2 Å². The molecule has 1 atom stereocenters. The Hall–Kier alpha value is -2.40. The van der Waals surface area contributed by atoms with Gasteiger partial charge >= 0.3 is 0 Å². The predicted octanol–water partition coefficient (Wildman–Crippen LogP) is 3.90. The van der Waals surface area contributed by atoms with Gasteiger partial charge in [0.1, 0.15) is 5.82 Å². The smallest absolute Gasteiger partial charge is 0.249 e. The number of piperidine rings is 2. The molecule has 2 saturated carbocycles. The summed E-state index contributed by atoms with van der Waals surface area (Å²) in [6.45, 7) is 3.11. The van der Waals surface area contributed by atoms with Crippen LogP contribution in [-0.2, 0) is 0 Å². The van der Waals surface area contributed by atoms with Gasteiger partial charge in [0.05, 0.1) is 6.10 Å². The van der Waals surface area contributed by atoms with Gasteiger partial charge in [-0.25, -0.2) is 18.7 Å². The quantitative estimate of drug-likeness (QED) is 0.564. The van der Waals surface area contributed by atoms with Gasteiger partial charge in [-0.15, -0.1) is 0 Å². The number of hydrogen-bond acceptors (Lipinski definition) is 7. The molecule has 35 heavy (non-hydrogen) atoms. The second-order valence-corrected chi connectivity index (χ2v) is 10.6. The summed E-state index contributed by atoms with van der Waals surface area (Å²) in [5.41, 5.74) is 0.625. The van der Waals surface area contributed by atoms with E-state index in [0.29, 0.717) is 42.3 Å². The number of anilines is 3. The monoisotopic (exact) mass is 491 g/mol. The van der Waals surface area contributed by atoms with Crippen LogP contribution in [0.4, 0.5) is 30.6 Å². The van der Waals surface area contributed by atoms with E-state index in [2.05, 4.69) is 30.4 Å². The fraction of sp³-hybridized carbons (Fsp3) is 0.708. The van der Waals surface area contributed by atoms with Crippen molar-refractivity contribution in [3.8, 4) is 0 Å². The summed E-state index contributed by atoms with van der Waals surface area (Å²) >= 11 is 0. The minimum absolute atomic E-state index is 0.0789. The van der Waals surface area contributed by atoms with Gasteiger partial charge in [-0.2, -0.15) is 9.49 Å². The summed E-state index contributed by atoms with van der Waals surface area (Å²) in [7, 11) is 0. The van der Waals surface area contributed by atoms with Crippen molar-refractivity contribution in [1.29, 1.82) is 0 Å². The lowest BCUT2D eigenvalue weighted by atomic mass is 9.79. The van der Waals surface area contributed by atoms with Crippen molar-refractivity contribution in [3.05, 3.63) is 23.4 Å². The first-order valence-electron chi connectivity index (χ1n) is 12.8. The molecule has 11 heteroatoms. The van der Waals surface area contributed by atoms with Gasteiger partial charge in [-0.3, -0.25) is 10.00 Å². The first-order valence-corrected chi connectivity index (χ1v) is 12.8. The molecule has 0 bridgehead atoms. The minimum atomic E-state index is -2.61. The van der Waals surface area contributed by atoms with Gasteiger partial charge in [0, 0.05) is 62.1 Å². The maximum absolute atomic E-state index is 15.6. The molecule has 0 radical (unpaired) electrons. The second-order valence-electron chi connectivity index (χ2n) is 10.6. The van der Waals surface area contributed by atoms with Crippen LogP contribution in [0.2, 0.25) is 0 Å². The van der Waals surface area contributed by atoms with E-state index in [1.807, 2.05) is 4.90 Å². The van der Waals surface area contributed by atoms with Crippen LogP contribution in [0, 0.1) is 5.82 Å². The van der Waals surface area contributed by atoms with Gasteiger partial charge in [-0.1, -0.05) is 0 Å². The highest BCUT2D eigenvalue weighted by molar-refractivity contribution is 5.59. The van der Waals surface area contributed by atoms with Crippen molar-refractivity contribution < 1.29 is 18.3 Å². The lowest BCUT2D eigenvalue weighted by molar-refractivity contribution is -0.0876. The van der Waals surface area contributed by atoms with Crippen LogP contribution in [0.15, 0.2) is 6.07 Å². The first kappa shape index (κ1) is 23.0. The molecule has 1 unspecified atom stereocenters. The number of aliphatic hydroxyl groups is 1. The molecular weight excluding hydrogens is 459 g/mol. The number of nitrogens with zero attached hydrogens (tertiary/aromatic N) is 5. The van der Waals surface area contributed by atoms with E-state index in [4.69, 9.17) is 0 Å². The molecule has 0 aromatic carbocycles. The molecule has 4 aliphatic rings. The number of likely N-dealkylation sites (tertiary alicyclic amines) is 1. The molecule has 2 aromatic heterocycles. The van der Waals surface area contributed by atoms with Gasteiger partial charge < -0.3 is 15.3 Å². The molecule has 2 aliphatic carbocycles. The summed E-state index contributed by atoms with van der Waals surface area (Å²) in [6.07, 6.45) is 5.01. The Labute approximate surface area is 202 Å². The van der Waals surface area contributed by atoms with Crippen molar-refractivity contribution in [2.24, 2.45) is 0 Å². The average Bonchev–Trinajstić information content (AvgIpc) is 3.58. The third kappa shape index (κ3) is 4.84. The molecule has 2 aliphatic heterocycles. The van der Waals surface area contributed by atoms with E-state index >= 15 is 4.39 Å². The number of aliphatic hydroxyl groups excluding tert-OH is 1. The van der Waals surface area contributed by atoms with Crippen LogP contribution in [0.25, 0.3) is 0 Å². The van der Waals surface area contributed by atoms with Crippen LogP contribution in [0.5, 0.6) is 0 Å². The Morgan fingerprint density at radius 3 is 2.49 bits per heavy atom. The van der Waals surface area contributed by atoms with Crippen LogP contribution in [0.1, 0.15) is 74.7 Å². The first-order chi connectivity index (χ1) is 16.8. The standard InChI is InChI=1S/C24H32F3N7O/c25-20-22(28-19-10-18(31-32-19)15-11-24(26,27)12-15)29-21(14-3-4-14)30-23(20)33-8-5-16(6-9-33)34-7-1-2-17(35)13-34/h10,14-17,35H,1-9,11-13H2,(H2,28,29,30,31,32). The van der Waals surface area contributed by atoms with Crippen LogP contribution in [0.3, 0.4) is 0 Å². The van der Waals surface area contributed by atoms with Crippen molar-refractivity contribution >= 4 is 17.5 Å². The third-order valence-electron chi connectivity index (χ3n) is 7.88. The van der Waals surface area contributed by atoms with E-state index < -0.39 is 11.7 Å². The molecular formula is C24H32F3N7O. The van der Waals surface area contributed by atoms with E-state index in [1.54, 1.807) is 6.07 Å². The van der Waals surface area contributed by atoms with E-state index in [-0.39, 0.29) is 36.6 Å². The van der Waals surface area contributed by atoms with Crippen LogP contribution >= 0.6 is 0 Å². The molecule has 190 valence electrons. The number of alkyl halides is 2. The summed E-state index contributed by atoms with van der Waals surface area (Å²) in [5.74, 6) is -1.75. The normalized spacial score (nSPS) is 26.1. The molecule has 0 amide bonds. The molecule has 4 fully saturated rings. The number of nitrogens with one attached hydrogen (secondary N) is 2. The highest BCUT2D eigenvalue weighted by Crippen LogP contribution is 2.48. The molecule has 4 heterocycles. The van der Waals surface area contributed by atoms with E-state index in [0.717, 1.165) is 51.6 Å². The molecule has 2 saturated heterocycles. The van der Waals surface area contributed by atoms with Crippen molar-refractivity contribution in [1.82, 2.24) is 25.1 Å². The lowest BCUT2D eigenvalue weighted by Crippen LogP contribution is -2.50. The lowest BCUT2D eigenvalue weighted by Gasteiger charge is -2.41. The van der Waals surface area contributed by atoms with Crippen LogP contribution < -0.4 is 10.2 Å². The van der Waals surface area contributed by atoms with Gasteiger partial charge in [-0.05, 0) is 45.1 Å². The summed E-state index contributed by atoms with van der Waals surface area (Å²) in [6, 6.07) is 2.06. The zero-order valence-corrected chi connectivity index (χ0v) is 19.7. The number of halogens is 3. The largest absolute Gasteiger partial charge is 0.392 e. The maximum Gasteiger partial charge on any atom is 0.249 e. The van der Waals surface area contributed by atoms with E-state index in [9.17, 15) is 13.9 Å². The highest BCUT2D eigenvalue weighted by atomic mass is 19.3. The summed E-state index contributed by atoms with van der Waals surface area (Å²) < 4.78 is 42.1. The van der Waals surface area contributed by atoms with Gasteiger partial charge in [0.25, 0.3) is 0 Å². The zero-order chi connectivity index (χ0) is 24.2. The van der Waals surface area contributed by atoms with Crippen molar-refractivity contribution in [2.75, 3.05) is 36.4 Å². The average molecular weight is 492 g/mol. The SMILES string of the molecule is OC1CCCN(C2CCN(c3nc(C4CC4)nc(Nc4cc(C5CC(F)(F)C5)[nH]n4)c3F)CC2)C1.